The molecule has 0 amide bonds. The van der Waals surface area contributed by atoms with Crippen LogP contribution in [0.25, 0.3) is 0 Å². The van der Waals surface area contributed by atoms with Crippen molar-refractivity contribution in [3.63, 3.8) is 0 Å². The molecule has 1 heterocycles. The third kappa shape index (κ3) is 4.07. The van der Waals surface area contributed by atoms with E-state index in [0.29, 0.717) is 11.3 Å². The van der Waals surface area contributed by atoms with E-state index in [1.54, 1.807) is 0 Å². The fourth-order valence-electron chi connectivity index (χ4n) is 1.76. The second kappa shape index (κ2) is 4.24. The van der Waals surface area contributed by atoms with Crippen LogP contribution in [-0.4, -0.2) is 26.3 Å². The number of rotatable bonds is 1. The normalized spacial score (nSPS) is 26.8. The highest BCUT2D eigenvalue weighted by atomic mass is 16.5. The van der Waals surface area contributed by atoms with Crippen LogP contribution in [0, 0.1) is 11.3 Å². The summed E-state index contributed by atoms with van der Waals surface area (Å²) in [5.74, 6) is 0.701. The Hall–Kier alpha value is -0.0800. The van der Waals surface area contributed by atoms with Crippen molar-refractivity contribution in [3.05, 3.63) is 0 Å². The zero-order chi connectivity index (χ0) is 9.03. The van der Waals surface area contributed by atoms with Crippen LogP contribution >= 0.6 is 0 Å². The smallest absolute Gasteiger partial charge is 0.0591 e. The van der Waals surface area contributed by atoms with Gasteiger partial charge < -0.3 is 10.1 Å². The van der Waals surface area contributed by atoms with Crippen molar-refractivity contribution in [2.75, 3.05) is 26.3 Å². The number of nitrogens with one attached hydrogen (secondary N) is 1. The lowest BCUT2D eigenvalue weighted by atomic mass is 9.85. The summed E-state index contributed by atoms with van der Waals surface area (Å²) in [5, 5.41) is 3.39. The third-order valence-corrected chi connectivity index (χ3v) is 2.11. The summed E-state index contributed by atoms with van der Waals surface area (Å²) >= 11 is 0. The van der Waals surface area contributed by atoms with E-state index in [4.69, 9.17) is 4.74 Å². The van der Waals surface area contributed by atoms with Gasteiger partial charge in [0, 0.05) is 13.1 Å². The molecule has 1 aliphatic rings. The monoisotopic (exact) mass is 171 g/mol. The molecule has 0 aliphatic carbocycles. The maximum Gasteiger partial charge on any atom is 0.0591 e. The first-order valence-electron chi connectivity index (χ1n) is 4.86. The standard InChI is InChI=1S/C10H21NO/c1-10(2,3)6-9-7-11-4-5-12-8-9/h9,11H,4-8H2,1-3H3. The van der Waals surface area contributed by atoms with Gasteiger partial charge >= 0.3 is 0 Å². The molecule has 0 spiro atoms. The predicted molar refractivity (Wildman–Crippen MR) is 51.3 cm³/mol. The molecule has 1 unspecified atom stereocenters. The molecule has 0 aromatic rings. The maximum absolute atomic E-state index is 5.49. The molecule has 1 fully saturated rings. The van der Waals surface area contributed by atoms with Crippen LogP contribution < -0.4 is 5.32 Å². The maximum atomic E-state index is 5.49. The lowest BCUT2D eigenvalue weighted by molar-refractivity contribution is 0.107. The molecule has 1 N–H and O–H groups in total. The van der Waals surface area contributed by atoms with Crippen molar-refractivity contribution in [3.8, 4) is 0 Å². The minimum Gasteiger partial charge on any atom is -0.380 e. The first kappa shape index (κ1) is 10.0. The first-order valence-corrected chi connectivity index (χ1v) is 4.86. The summed E-state index contributed by atoms with van der Waals surface area (Å²) in [6, 6.07) is 0. The molecule has 0 aromatic heterocycles. The van der Waals surface area contributed by atoms with Crippen molar-refractivity contribution in [1.29, 1.82) is 0 Å². The Kier molecular flexibility index (Phi) is 3.53. The summed E-state index contributed by atoms with van der Waals surface area (Å²) in [7, 11) is 0. The molecule has 0 saturated carbocycles. The first-order chi connectivity index (χ1) is 5.58. The molecular weight excluding hydrogens is 150 g/mol. The van der Waals surface area contributed by atoms with Gasteiger partial charge in [-0.3, -0.25) is 0 Å². The summed E-state index contributed by atoms with van der Waals surface area (Å²) in [6.07, 6.45) is 1.25. The minimum atomic E-state index is 0.431. The van der Waals surface area contributed by atoms with Crippen molar-refractivity contribution in [2.45, 2.75) is 27.2 Å². The summed E-state index contributed by atoms with van der Waals surface area (Å²) in [6.45, 7) is 10.8. The number of hydrogen-bond acceptors (Lipinski definition) is 2. The Bertz CT molecular complexity index is 120. The second-order valence-electron chi connectivity index (χ2n) is 4.91. The van der Waals surface area contributed by atoms with Crippen molar-refractivity contribution in [2.24, 2.45) is 11.3 Å². The van der Waals surface area contributed by atoms with Crippen molar-refractivity contribution in [1.82, 2.24) is 5.32 Å². The molecule has 2 nitrogen and oxygen atoms in total. The zero-order valence-corrected chi connectivity index (χ0v) is 8.52. The molecule has 2 heteroatoms. The van der Waals surface area contributed by atoms with Gasteiger partial charge in [-0.05, 0) is 17.8 Å². The molecule has 1 saturated heterocycles. The van der Waals surface area contributed by atoms with E-state index >= 15 is 0 Å². The number of hydrogen-bond donors (Lipinski definition) is 1. The molecule has 0 bridgehead atoms. The summed E-state index contributed by atoms with van der Waals surface area (Å²) in [4.78, 5) is 0. The van der Waals surface area contributed by atoms with E-state index < -0.39 is 0 Å². The van der Waals surface area contributed by atoms with Crippen LogP contribution in [0.1, 0.15) is 27.2 Å². The van der Waals surface area contributed by atoms with Crippen LogP contribution in [0.3, 0.4) is 0 Å². The van der Waals surface area contributed by atoms with Gasteiger partial charge in [-0.1, -0.05) is 20.8 Å². The average Bonchev–Trinajstić information content (AvgIpc) is 2.12. The van der Waals surface area contributed by atoms with Gasteiger partial charge in [-0.15, -0.1) is 0 Å². The average molecular weight is 171 g/mol. The van der Waals surface area contributed by atoms with E-state index in [1.165, 1.54) is 6.42 Å². The Morgan fingerprint density at radius 3 is 2.83 bits per heavy atom. The van der Waals surface area contributed by atoms with Crippen LogP contribution in [-0.2, 0) is 4.74 Å². The van der Waals surface area contributed by atoms with E-state index in [1.807, 2.05) is 0 Å². The molecule has 12 heavy (non-hydrogen) atoms. The third-order valence-electron chi connectivity index (χ3n) is 2.11. The fourth-order valence-corrected chi connectivity index (χ4v) is 1.76. The van der Waals surface area contributed by atoms with Gasteiger partial charge in [0.1, 0.15) is 0 Å². The van der Waals surface area contributed by atoms with Crippen LogP contribution in [0.15, 0.2) is 0 Å². The molecule has 1 aliphatic heterocycles. The molecule has 72 valence electrons. The Balaban J connectivity index is 2.30. The van der Waals surface area contributed by atoms with Gasteiger partial charge in [-0.25, -0.2) is 0 Å². The SMILES string of the molecule is CC(C)(C)CC1CNCCOC1. The van der Waals surface area contributed by atoms with Gasteiger partial charge in [0.25, 0.3) is 0 Å². The Labute approximate surface area is 75.7 Å². The highest BCUT2D eigenvalue weighted by molar-refractivity contribution is 4.72. The fraction of sp³-hybridized carbons (Fsp3) is 1.00. The Morgan fingerprint density at radius 2 is 2.17 bits per heavy atom. The molecule has 0 radical (unpaired) electrons. The van der Waals surface area contributed by atoms with Crippen molar-refractivity contribution < 1.29 is 4.74 Å². The lowest BCUT2D eigenvalue weighted by Crippen LogP contribution is -2.26. The van der Waals surface area contributed by atoms with E-state index in [9.17, 15) is 0 Å². The highest BCUT2D eigenvalue weighted by Gasteiger charge is 2.19. The largest absolute Gasteiger partial charge is 0.380 e. The predicted octanol–water partition coefficient (Wildman–Crippen LogP) is 1.66. The van der Waals surface area contributed by atoms with Gasteiger partial charge in [0.2, 0.25) is 0 Å². The Morgan fingerprint density at radius 1 is 1.42 bits per heavy atom. The highest BCUT2D eigenvalue weighted by Crippen LogP contribution is 2.24. The van der Waals surface area contributed by atoms with Crippen LogP contribution in [0.2, 0.25) is 0 Å². The number of ether oxygens (including phenoxy) is 1. The van der Waals surface area contributed by atoms with Crippen molar-refractivity contribution >= 4 is 0 Å². The van der Waals surface area contributed by atoms with Gasteiger partial charge in [0.05, 0.1) is 13.2 Å². The van der Waals surface area contributed by atoms with Crippen LogP contribution in [0.5, 0.6) is 0 Å². The van der Waals surface area contributed by atoms with Gasteiger partial charge in [-0.2, -0.15) is 0 Å². The molecular formula is C10H21NO. The summed E-state index contributed by atoms with van der Waals surface area (Å²) in [5.41, 5.74) is 0.431. The second-order valence-corrected chi connectivity index (χ2v) is 4.91. The van der Waals surface area contributed by atoms with Crippen LogP contribution in [0.4, 0.5) is 0 Å². The zero-order valence-electron chi connectivity index (χ0n) is 8.52. The molecule has 1 rings (SSSR count). The minimum absolute atomic E-state index is 0.431. The molecule has 0 aromatic carbocycles. The lowest BCUT2D eigenvalue weighted by Gasteiger charge is -2.24. The topological polar surface area (TPSA) is 21.3 Å². The van der Waals surface area contributed by atoms with Gasteiger partial charge in [0.15, 0.2) is 0 Å². The van der Waals surface area contributed by atoms with E-state index in [2.05, 4.69) is 26.1 Å². The van der Waals surface area contributed by atoms with E-state index in [-0.39, 0.29) is 0 Å². The summed E-state index contributed by atoms with van der Waals surface area (Å²) < 4.78 is 5.49. The quantitative estimate of drug-likeness (QED) is 0.648. The molecule has 1 atom stereocenters. The van der Waals surface area contributed by atoms with E-state index in [0.717, 1.165) is 26.3 Å².